The van der Waals surface area contributed by atoms with Gasteiger partial charge < -0.3 is 20.0 Å². The summed E-state index contributed by atoms with van der Waals surface area (Å²) < 4.78 is 0. The summed E-state index contributed by atoms with van der Waals surface area (Å²) >= 11 is 0. The fourth-order valence-electron chi connectivity index (χ4n) is 9.28. The van der Waals surface area contributed by atoms with Crippen LogP contribution in [0.15, 0.2) is 148 Å². The Hall–Kier alpha value is -9.64. The van der Waals surface area contributed by atoms with E-state index in [0.29, 0.717) is 94.3 Å². The number of nitrogens with zero attached hydrogens (tertiary/aromatic N) is 3. The molecule has 20 nitrogen and oxygen atoms in total. The molecule has 0 spiro atoms. The van der Waals surface area contributed by atoms with Gasteiger partial charge >= 0.3 is 0 Å². The van der Waals surface area contributed by atoms with E-state index in [2.05, 4.69) is 127 Å². The van der Waals surface area contributed by atoms with E-state index in [9.17, 15) is 76.7 Å². The van der Waals surface area contributed by atoms with Gasteiger partial charge in [0, 0.05) is 143 Å². The van der Waals surface area contributed by atoms with Crippen molar-refractivity contribution < 1.29 is 76.7 Å². The lowest BCUT2D eigenvalue weighted by Crippen LogP contribution is -2.18. The summed E-state index contributed by atoms with van der Waals surface area (Å²) in [6.07, 6.45) is 54.2. The Bertz CT molecular complexity index is 3440. The molecule has 0 bridgehead atoms. The molecular formula is C119H208N4O16. The maximum absolute atomic E-state index is 11.1. The number of amides is 3. The van der Waals surface area contributed by atoms with E-state index < -0.39 is 0 Å². The van der Waals surface area contributed by atoms with Crippen LogP contribution in [0.25, 0.3) is 0 Å². The van der Waals surface area contributed by atoms with Gasteiger partial charge in [-0.2, -0.15) is 0 Å². The van der Waals surface area contributed by atoms with Crippen molar-refractivity contribution in [2.75, 3.05) is 48.8 Å². The Morgan fingerprint density at radius 2 is 0.518 bits per heavy atom. The summed E-state index contributed by atoms with van der Waals surface area (Å²) in [4.78, 5) is 178. The molecule has 0 saturated heterocycles. The molecular weight excluding hydrogens is 1740 g/mol. The average molecular weight is 1950 g/mol. The zero-order valence-electron chi connectivity index (χ0n) is 95.6. The second kappa shape index (κ2) is 114. The van der Waals surface area contributed by atoms with Crippen molar-refractivity contribution in [3.8, 4) is 11.8 Å². The van der Waals surface area contributed by atoms with Gasteiger partial charge in [-0.15, -0.1) is 0 Å². The second-order valence-corrected chi connectivity index (χ2v) is 39.2. The van der Waals surface area contributed by atoms with Crippen molar-refractivity contribution in [2.45, 2.75) is 382 Å². The zero-order chi connectivity index (χ0) is 111. The number of Topliss-reactive ketones (excluding diaryl/α,β-unsaturated/α-hetero) is 5. The van der Waals surface area contributed by atoms with Crippen LogP contribution in [0.5, 0.6) is 0 Å². The first-order chi connectivity index (χ1) is 64.4. The minimum Gasteiger partial charge on any atom is -0.391 e. The molecule has 0 aliphatic heterocycles. The smallest absolute Gasteiger partial charge is 0.245 e. The lowest BCUT2D eigenvalue weighted by atomic mass is 10.0. The minimum absolute atomic E-state index is 0.0338. The number of hydrogen-bond acceptors (Lipinski definition) is 17. The first kappa shape index (κ1) is 157. The number of unbranched alkanes of at least 4 members (excludes halogenated alkanes) is 3. The molecule has 0 radical (unpaired) electrons. The molecule has 0 heterocycles. The highest BCUT2D eigenvalue weighted by Gasteiger charge is 2.13. The molecule has 0 aromatic carbocycles. The van der Waals surface area contributed by atoms with Gasteiger partial charge in [0.1, 0.15) is 23.1 Å². The molecule has 0 aromatic rings. The number of nitrogens with one attached hydrogen (secondary N) is 1. The van der Waals surface area contributed by atoms with E-state index in [-0.39, 0.29) is 117 Å². The third-order valence-corrected chi connectivity index (χ3v) is 18.0. The summed E-state index contributed by atoms with van der Waals surface area (Å²) in [6.45, 7) is 78.2. The van der Waals surface area contributed by atoms with E-state index in [1.807, 2.05) is 147 Å². The predicted octanol–water partition coefficient (Wildman–Crippen LogP) is 27.6. The highest BCUT2D eigenvalue weighted by molar-refractivity contribution is 5.97. The van der Waals surface area contributed by atoms with Gasteiger partial charge in [0.25, 0.3) is 0 Å². The highest BCUT2D eigenvalue weighted by Crippen LogP contribution is 2.12. The maximum atomic E-state index is 11.1. The Morgan fingerprint density at radius 1 is 0.281 bits per heavy atom. The number of allylic oxidation sites excluding steroid dienone is 16. The molecule has 800 valence electrons. The molecule has 20 heteroatoms. The molecule has 0 rings (SSSR count). The standard InChI is InChI=1S/2C11H21NO.C10H19NO.2C10H16O2.C10H18O.2C9H14O2.C9H16O.C8H17N.C8H12O.2C7H12O/c2*1-10(2)8-6-5-7-9-11(13)12(3)4;1-9(2)7-5-6-8-10(12)11(3)4;2*1-4-5-9(11)6-7-10(12)8(2)3;1-9(2)7-5-4-6-8-10(3)11;2*1-4-8(10)5-6-9(11)7(2)3;1-8(2)6-4-5-7-9(3)10;1-4-6-9-7-5-8(2)3;1-4-5-8(9)6-7(2)3;2*1-4-7(8)5-6(2)3/h2*7,9-10H,5-6,8H2,1-4H3;6,8-9H,5,7H2,1-4H3;2*4-5,8H,6-7H2,1-3H3;6,8-9H,4-5,7H2,1-3H3;2*4,7H,1,5-6H2,2-3H3;5,7-8H,4,6H2,1-3H3;4,6,8-9H,5,7H2,1-3H3;7H,6H2,1-3H3;2*4,6H,1,5H2,2-3H3/b2*9-7+;8-6+;2*5-4+;8-6+;;;7-5+;6-4+;;;. The van der Waals surface area contributed by atoms with Gasteiger partial charge in [-0.1, -0.05) is 280 Å². The van der Waals surface area contributed by atoms with Crippen molar-refractivity contribution >= 4 is 92.9 Å². The molecule has 0 aliphatic rings. The minimum atomic E-state index is -0.0565. The van der Waals surface area contributed by atoms with Crippen molar-refractivity contribution in [3.63, 3.8) is 0 Å². The van der Waals surface area contributed by atoms with Gasteiger partial charge in [0.05, 0.1) is 0 Å². The second-order valence-electron chi connectivity index (χ2n) is 39.2. The highest BCUT2D eigenvalue weighted by atomic mass is 16.2. The summed E-state index contributed by atoms with van der Waals surface area (Å²) in [5, 5.41) is 3.19. The lowest BCUT2D eigenvalue weighted by Gasteiger charge is -2.05. The van der Waals surface area contributed by atoms with Crippen molar-refractivity contribution in [1.82, 2.24) is 20.0 Å². The fourth-order valence-corrected chi connectivity index (χ4v) is 9.28. The fraction of sp³-hybridized carbons (Fsp3) is 0.647. The van der Waals surface area contributed by atoms with Gasteiger partial charge in [-0.25, -0.2) is 0 Å². The van der Waals surface area contributed by atoms with E-state index in [1.165, 1.54) is 87.8 Å². The van der Waals surface area contributed by atoms with Crippen LogP contribution in [-0.4, -0.2) is 156 Å². The summed E-state index contributed by atoms with van der Waals surface area (Å²) in [5.74, 6) is 12.5. The van der Waals surface area contributed by atoms with Gasteiger partial charge in [-0.05, 0) is 244 Å². The van der Waals surface area contributed by atoms with Crippen LogP contribution in [-0.2, 0) is 76.7 Å². The Kier molecular flexibility index (Phi) is 129. The summed E-state index contributed by atoms with van der Waals surface area (Å²) in [7, 11) is 10.6. The van der Waals surface area contributed by atoms with Crippen LogP contribution >= 0.6 is 0 Å². The Morgan fingerprint density at radius 3 is 0.712 bits per heavy atom. The van der Waals surface area contributed by atoms with Crippen LogP contribution < -0.4 is 5.32 Å². The number of likely N-dealkylation sites (N-methyl/N-ethyl adjacent to an activating group) is 3. The van der Waals surface area contributed by atoms with Gasteiger partial charge in [0.2, 0.25) is 23.5 Å². The zero-order valence-corrected chi connectivity index (χ0v) is 95.6. The molecule has 0 atom stereocenters. The molecule has 0 unspecified atom stereocenters. The van der Waals surface area contributed by atoms with Crippen LogP contribution in [0.4, 0.5) is 0 Å². The molecule has 139 heavy (non-hydrogen) atoms. The molecule has 3 amide bonds. The molecule has 0 saturated carbocycles. The average Bonchev–Trinajstić information content (AvgIpc) is 0.997. The van der Waals surface area contributed by atoms with Crippen LogP contribution in [0.1, 0.15) is 382 Å². The topological polar surface area (TPSA) is 295 Å². The number of hydrogen-bond donors (Lipinski definition) is 1. The SMILES string of the molecule is C/C=C/C(=O)CCC(=O)C(C)C.C/C=C/C(=O)CCC(=O)C(C)C.C/C=C/NCCC(C)C.C=CC(=O)CC(C)C.C=CC(=O)CC(C)C.C=CC(=O)CCC(=O)C(C)C.C=CC(=O)CCC(=O)C(C)C.CC#CC(=O)CC(C)C.CC(=O)/C=C/CCC(C)C.CC(=O)/C=C/CCCC(C)C.CC(C)CC/C=C/C(=O)N(C)C.CC(C)CCC/C=C/C(=O)N(C)C.CC(C)CCC/C=C/C(=O)N(C)C. The van der Waals surface area contributed by atoms with Crippen molar-refractivity contribution in [2.24, 2.45) is 76.9 Å². The van der Waals surface area contributed by atoms with E-state index in [1.54, 1.807) is 134 Å². The molecule has 0 aliphatic carbocycles. The third-order valence-electron chi connectivity index (χ3n) is 18.0. The largest absolute Gasteiger partial charge is 0.391 e. The van der Waals surface area contributed by atoms with Crippen molar-refractivity contribution in [3.05, 3.63) is 148 Å². The van der Waals surface area contributed by atoms with Crippen LogP contribution in [0.3, 0.4) is 0 Å². The number of rotatable bonds is 55. The van der Waals surface area contributed by atoms with Crippen LogP contribution in [0, 0.1) is 88.8 Å². The van der Waals surface area contributed by atoms with Gasteiger partial charge in [0.15, 0.2) is 46.3 Å². The third kappa shape index (κ3) is 165. The summed E-state index contributed by atoms with van der Waals surface area (Å²) in [6, 6.07) is 0. The van der Waals surface area contributed by atoms with Gasteiger partial charge in [-0.3, -0.25) is 76.7 Å². The van der Waals surface area contributed by atoms with E-state index >= 15 is 0 Å². The summed E-state index contributed by atoms with van der Waals surface area (Å²) in [5.41, 5.74) is 0. The number of ketones is 13. The van der Waals surface area contributed by atoms with E-state index in [0.717, 1.165) is 74.7 Å². The number of carbonyl (C=O) groups is 16. The monoisotopic (exact) mass is 1950 g/mol. The van der Waals surface area contributed by atoms with E-state index in [4.69, 9.17) is 0 Å². The quantitative estimate of drug-likeness (QED) is 0.0256. The maximum Gasteiger partial charge on any atom is 0.245 e. The van der Waals surface area contributed by atoms with Crippen molar-refractivity contribution in [1.29, 1.82) is 0 Å². The predicted molar refractivity (Wildman–Crippen MR) is 593 cm³/mol. The van der Waals surface area contributed by atoms with Crippen LogP contribution in [0.2, 0.25) is 0 Å². The molecule has 0 aromatic heterocycles. The first-order valence-electron chi connectivity index (χ1n) is 50.7. The first-order valence-corrected chi connectivity index (χ1v) is 50.7. The molecule has 0 fully saturated rings. The Labute approximate surface area is 852 Å². The number of carbonyl (C=O) groups excluding carboxylic acids is 16. The Balaban J connectivity index is -0.000000113. The molecule has 1 N–H and O–H groups in total. The normalized spacial score (nSPS) is 10.5. The lowest BCUT2D eigenvalue weighted by molar-refractivity contribution is -0.124.